The molecule has 0 saturated heterocycles. The summed E-state index contributed by atoms with van der Waals surface area (Å²) >= 11 is 4.05. The number of thiol groups is 1. The number of furan rings is 1. The van der Waals surface area contributed by atoms with Crippen LogP contribution in [-0.2, 0) is 5.75 Å². The Labute approximate surface area is 54.1 Å². The molecule has 0 bridgehead atoms. The first-order valence-corrected chi connectivity index (χ1v) is 3.11. The summed E-state index contributed by atoms with van der Waals surface area (Å²) in [6, 6.07) is 1.94. The van der Waals surface area contributed by atoms with Gasteiger partial charge >= 0.3 is 0 Å². The van der Waals surface area contributed by atoms with Gasteiger partial charge in [-0.1, -0.05) is 0 Å². The van der Waals surface area contributed by atoms with Gasteiger partial charge in [-0.05, 0) is 18.6 Å². The van der Waals surface area contributed by atoms with Crippen molar-refractivity contribution in [3.8, 4) is 0 Å². The average Bonchev–Trinajstić information content (AvgIpc) is 2.14. The van der Waals surface area contributed by atoms with Crippen LogP contribution in [-0.4, -0.2) is 0 Å². The predicted octanol–water partition coefficient (Wildman–Crippen LogP) is 2.02. The molecule has 0 saturated carbocycles. The van der Waals surface area contributed by atoms with E-state index >= 15 is 0 Å². The lowest BCUT2D eigenvalue weighted by molar-refractivity contribution is 0.528. The normalized spacial score (nSPS) is 9.75. The fourth-order valence-electron chi connectivity index (χ4n) is 0.566. The Morgan fingerprint density at radius 1 is 1.75 bits per heavy atom. The van der Waals surface area contributed by atoms with Gasteiger partial charge in [-0.3, -0.25) is 0 Å². The maximum absolute atomic E-state index is 5.04. The first-order valence-electron chi connectivity index (χ1n) is 2.48. The van der Waals surface area contributed by atoms with Gasteiger partial charge < -0.3 is 4.42 Å². The molecule has 1 nitrogen and oxygen atoms in total. The van der Waals surface area contributed by atoms with Crippen molar-refractivity contribution in [3.05, 3.63) is 23.7 Å². The molecule has 1 aromatic rings. The van der Waals surface area contributed by atoms with Crippen molar-refractivity contribution in [3.63, 3.8) is 0 Å². The van der Waals surface area contributed by atoms with Crippen LogP contribution in [0.4, 0.5) is 0 Å². The van der Waals surface area contributed by atoms with Crippen LogP contribution in [0.1, 0.15) is 11.3 Å². The predicted molar refractivity (Wildman–Crippen MR) is 36.1 cm³/mol. The molecule has 0 aliphatic heterocycles. The van der Waals surface area contributed by atoms with Crippen molar-refractivity contribution in [1.82, 2.24) is 0 Å². The summed E-state index contributed by atoms with van der Waals surface area (Å²) in [6.07, 6.45) is 1.68. The number of aryl methyl sites for hydroxylation is 1. The Kier molecular flexibility index (Phi) is 1.63. The molecule has 0 unspecified atom stereocenters. The van der Waals surface area contributed by atoms with E-state index in [9.17, 15) is 0 Å². The Bertz CT molecular complexity index is 169. The quantitative estimate of drug-likeness (QED) is 0.571. The molecule has 0 atom stereocenters. The Morgan fingerprint density at radius 2 is 2.50 bits per heavy atom. The fraction of sp³-hybridized carbons (Fsp3) is 0.333. The minimum Gasteiger partial charge on any atom is -0.468 e. The first kappa shape index (κ1) is 5.76. The van der Waals surface area contributed by atoms with Gasteiger partial charge in [0.25, 0.3) is 0 Å². The zero-order valence-corrected chi connectivity index (χ0v) is 5.61. The summed E-state index contributed by atoms with van der Waals surface area (Å²) in [5.74, 6) is 1.66. The molecule has 1 rings (SSSR count). The van der Waals surface area contributed by atoms with Gasteiger partial charge in [-0.15, -0.1) is 0 Å². The third kappa shape index (κ3) is 0.892. The number of rotatable bonds is 1. The summed E-state index contributed by atoms with van der Waals surface area (Å²) in [5, 5.41) is 0. The van der Waals surface area contributed by atoms with Crippen LogP contribution in [0.2, 0.25) is 0 Å². The standard InChI is InChI=1S/C6H8OS/c1-5-2-3-7-6(5)4-8/h2-3,8H,4H2,1H3. The molecule has 1 heterocycles. The topological polar surface area (TPSA) is 13.1 Å². The lowest BCUT2D eigenvalue weighted by Gasteiger charge is -1.86. The van der Waals surface area contributed by atoms with Crippen LogP contribution in [0.25, 0.3) is 0 Å². The molecule has 1 aromatic heterocycles. The minimum atomic E-state index is 0.693. The molecule has 0 amide bonds. The lowest BCUT2D eigenvalue weighted by Crippen LogP contribution is -1.72. The Balaban J connectivity index is 2.92. The van der Waals surface area contributed by atoms with E-state index in [0.717, 1.165) is 5.76 Å². The first-order chi connectivity index (χ1) is 3.84. The summed E-state index contributed by atoms with van der Waals surface area (Å²) in [4.78, 5) is 0. The smallest absolute Gasteiger partial charge is 0.116 e. The van der Waals surface area contributed by atoms with Crippen molar-refractivity contribution < 1.29 is 4.42 Å². The molecule has 0 aliphatic carbocycles. The van der Waals surface area contributed by atoms with Crippen molar-refractivity contribution in [2.24, 2.45) is 0 Å². The molecule has 0 aliphatic rings. The maximum Gasteiger partial charge on any atom is 0.116 e. The average molecular weight is 128 g/mol. The van der Waals surface area contributed by atoms with Gasteiger partial charge in [0.2, 0.25) is 0 Å². The van der Waals surface area contributed by atoms with Crippen molar-refractivity contribution in [1.29, 1.82) is 0 Å². The van der Waals surface area contributed by atoms with Crippen LogP contribution >= 0.6 is 12.6 Å². The third-order valence-corrected chi connectivity index (χ3v) is 1.40. The molecule has 0 aromatic carbocycles. The maximum atomic E-state index is 5.04. The van der Waals surface area contributed by atoms with Crippen LogP contribution in [0.15, 0.2) is 16.7 Å². The molecule has 2 heteroatoms. The van der Waals surface area contributed by atoms with Crippen LogP contribution in [0, 0.1) is 6.92 Å². The number of hydrogen-bond donors (Lipinski definition) is 1. The molecular formula is C6H8OS. The van der Waals surface area contributed by atoms with Crippen molar-refractivity contribution >= 4 is 12.6 Å². The minimum absolute atomic E-state index is 0.693. The zero-order chi connectivity index (χ0) is 5.98. The van der Waals surface area contributed by atoms with Crippen LogP contribution < -0.4 is 0 Å². The van der Waals surface area contributed by atoms with Crippen molar-refractivity contribution in [2.45, 2.75) is 12.7 Å². The van der Waals surface area contributed by atoms with E-state index < -0.39 is 0 Å². The SMILES string of the molecule is Cc1ccoc1CS. The van der Waals surface area contributed by atoms with Crippen LogP contribution in [0.3, 0.4) is 0 Å². The van der Waals surface area contributed by atoms with E-state index in [2.05, 4.69) is 12.6 Å². The second kappa shape index (κ2) is 2.27. The van der Waals surface area contributed by atoms with E-state index in [4.69, 9.17) is 4.42 Å². The molecule has 0 radical (unpaired) electrons. The Morgan fingerprint density at radius 3 is 2.75 bits per heavy atom. The molecule has 0 fully saturated rings. The fourth-order valence-corrected chi connectivity index (χ4v) is 0.890. The van der Waals surface area contributed by atoms with Crippen molar-refractivity contribution in [2.75, 3.05) is 0 Å². The molecule has 8 heavy (non-hydrogen) atoms. The molecule has 0 spiro atoms. The van der Waals surface area contributed by atoms with E-state index in [1.807, 2.05) is 13.0 Å². The second-order valence-corrected chi connectivity index (χ2v) is 2.00. The highest BCUT2D eigenvalue weighted by atomic mass is 32.1. The monoisotopic (exact) mass is 128 g/mol. The van der Waals surface area contributed by atoms with E-state index in [1.54, 1.807) is 6.26 Å². The summed E-state index contributed by atoms with van der Waals surface area (Å²) < 4.78 is 5.04. The summed E-state index contributed by atoms with van der Waals surface area (Å²) in [5.41, 5.74) is 1.18. The van der Waals surface area contributed by atoms with Gasteiger partial charge in [0.15, 0.2) is 0 Å². The molecule has 44 valence electrons. The van der Waals surface area contributed by atoms with E-state index in [-0.39, 0.29) is 0 Å². The number of hydrogen-bond acceptors (Lipinski definition) is 2. The highest BCUT2D eigenvalue weighted by Crippen LogP contribution is 2.09. The van der Waals surface area contributed by atoms with Gasteiger partial charge in [-0.25, -0.2) is 0 Å². The highest BCUT2D eigenvalue weighted by molar-refractivity contribution is 7.79. The summed E-state index contributed by atoms with van der Waals surface area (Å²) in [6.45, 7) is 2.01. The van der Waals surface area contributed by atoms with Gasteiger partial charge in [0.05, 0.1) is 6.26 Å². The largest absolute Gasteiger partial charge is 0.468 e. The lowest BCUT2D eigenvalue weighted by atomic mass is 10.3. The molecule has 0 N–H and O–H groups in total. The third-order valence-electron chi connectivity index (χ3n) is 1.11. The summed E-state index contributed by atoms with van der Waals surface area (Å²) in [7, 11) is 0. The highest BCUT2D eigenvalue weighted by Gasteiger charge is 1.95. The van der Waals surface area contributed by atoms with Crippen LogP contribution in [0.5, 0.6) is 0 Å². The Hall–Kier alpha value is -0.370. The van der Waals surface area contributed by atoms with Gasteiger partial charge in [0, 0.05) is 5.75 Å². The van der Waals surface area contributed by atoms with Gasteiger partial charge in [-0.2, -0.15) is 12.6 Å². The molecular weight excluding hydrogens is 120 g/mol. The van der Waals surface area contributed by atoms with Gasteiger partial charge in [0.1, 0.15) is 5.76 Å². The zero-order valence-electron chi connectivity index (χ0n) is 4.72. The van der Waals surface area contributed by atoms with E-state index in [0.29, 0.717) is 5.75 Å². The van der Waals surface area contributed by atoms with E-state index in [1.165, 1.54) is 5.56 Å². The second-order valence-electron chi connectivity index (χ2n) is 1.68.